The predicted octanol–water partition coefficient (Wildman–Crippen LogP) is 4.92. The number of pyridine rings is 2. The number of aryl methyl sites for hydroxylation is 1. The molecule has 42 heavy (non-hydrogen) atoms. The molecule has 9 nitrogen and oxygen atoms in total. The van der Waals surface area contributed by atoms with Gasteiger partial charge in [0.25, 0.3) is 5.91 Å². The molecule has 5 heterocycles. The number of fused-ring (bicyclic) bond motifs is 2. The SMILES string of the molecule is Cc1ccc(C(=O)N2CCC3(C2)CN(Cc2cccnc2)c2cccnc23)s1.O=C(O)C(F)(F)F.O=C(O)C(F)(F)F. The second-order valence-electron chi connectivity index (χ2n) is 9.36. The van der Waals surface area contributed by atoms with Crippen molar-refractivity contribution in [2.75, 3.05) is 24.5 Å². The van der Waals surface area contributed by atoms with Gasteiger partial charge >= 0.3 is 24.3 Å². The van der Waals surface area contributed by atoms with E-state index >= 15 is 0 Å². The number of amides is 1. The molecule has 1 spiro atoms. The molecule has 226 valence electrons. The predicted molar refractivity (Wildman–Crippen MR) is 138 cm³/mol. The van der Waals surface area contributed by atoms with Gasteiger partial charge in [0.05, 0.1) is 21.7 Å². The molecule has 1 atom stereocenters. The second kappa shape index (κ2) is 12.8. The lowest BCUT2D eigenvalue weighted by molar-refractivity contribution is -0.193. The number of alkyl halides is 6. The van der Waals surface area contributed by atoms with E-state index < -0.39 is 24.3 Å². The number of carbonyl (C=O) groups excluding carboxylic acids is 1. The number of carbonyl (C=O) groups is 3. The van der Waals surface area contributed by atoms with Gasteiger partial charge in [-0.25, -0.2) is 9.59 Å². The zero-order chi connectivity index (χ0) is 31.3. The lowest BCUT2D eigenvalue weighted by Gasteiger charge is -2.25. The van der Waals surface area contributed by atoms with Crippen LogP contribution in [0, 0.1) is 6.92 Å². The van der Waals surface area contributed by atoms with E-state index in [0.29, 0.717) is 0 Å². The molecule has 1 amide bonds. The molecule has 2 aliphatic rings. The Morgan fingerprint density at radius 3 is 2.10 bits per heavy atom. The number of carboxylic acids is 2. The number of aromatic nitrogens is 2. The molecular formula is C26H24F6N4O5S. The Bertz CT molecular complexity index is 1390. The molecule has 0 aromatic carbocycles. The number of likely N-dealkylation sites (tertiary alicyclic amines) is 1. The molecule has 3 aromatic heterocycles. The van der Waals surface area contributed by atoms with Crippen molar-refractivity contribution in [3.8, 4) is 0 Å². The number of thiophene rings is 1. The number of hydrogen-bond acceptors (Lipinski definition) is 7. The Labute approximate surface area is 239 Å². The average molecular weight is 619 g/mol. The number of halogens is 6. The van der Waals surface area contributed by atoms with Crippen LogP contribution in [0.5, 0.6) is 0 Å². The Morgan fingerprint density at radius 2 is 1.57 bits per heavy atom. The van der Waals surface area contributed by atoms with Crippen LogP contribution in [0.4, 0.5) is 32.0 Å². The maximum atomic E-state index is 13.0. The second-order valence-corrected chi connectivity index (χ2v) is 10.6. The van der Waals surface area contributed by atoms with Crippen LogP contribution < -0.4 is 4.90 Å². The highest BCUT2D eigenvalue weighted by Crippen LogP contribution is 2.46. The van der Waals surface area contributed by atoms with E-state index in [2.05, 4.69) is 22.0 Å². The molecule has 1 unspecified atom stereocenters. The topological polar surface area (TPSA) is 124 Å². The number of nitrogens with zero attached hydrogens (tertiary/aromatic N) is 4. The highest BCUT2D eigenvalue weighted by Gasteiger charge is 2.49. The number of rotatable bonds is 3. The maximum Gasteiger partial charge on any atom is 0.490 e. The lowest BCUT2D eigenvalue weighted by Crippen LogP contribution is -2.38. The summed E-state index contributed by atoms with van der Waals surface area (Å²) in [5.74, 6) is -5.36. The zero-order valence-corrected chi connectivity index (χ0v) is 22.6. The summed E-state index contributed by atoms with van der Waals surface area (Å²) >= 11 is 1.58. The summed E-state index contributed by atoms with van der Waals surface area (Å²) in [7, 11) is 0. The minimum Gasteiger partial charge on any atom is -0.475 e. The first-order valence-corrected chi connectivity index (χ1v) is 12.9. The number of anilines is 1. The summed E-state index contributed by atoms with van der Waals surface area (Å²) in [5, 5.41) is 14.2. The van der Waals surface area contributed by atoms with Crippen molar-refractivity contribution in [2.24, 2.45) is 0 Å². The van der Waals surface area contributed by atoms with Gasteiger partial charge in [0.2, 0.25) is 0 Å². The quantitative estimate of drug-likeness (QED) is 0.397. The van der Waals surface area contributed by atoms with E-state index in [4.69, 9.17) is 24.8 Å². The third-order valence-corrected chi connectivity index (χ3v) is 7.29. The maximum absolute atomic E-state index is 13.0. The van der Waals surface area contributed by atoms with Gasteiger partial charge in [-0.2, -0.15) is 26.3 Å². The van der Waals surface area contributed by atoms with Gasteiger partial charge in [0.15, 0.2) is 0 Å². The summed E-state index contributed by atoms with van der Waals surface area (Å²) in [4.78, 5) is 46.2. The van der Waals surface area contributed by atoms with E-state index in [-0.39, 0.29) is 11.3 Å². The summed E-state index contributed by atoms with van der Waals surface area (Å²) in [5.41, 5.74) is 3.43. The van der Waals surface area contributed by atoms with Gasteiger partial charge in [-0.1, -0.05) is 6.07 Å². The third-order valence-electron chi connectivity index (χ3n) is 6.30. The molecule has 2 aliphatic heterocycles. The van der Waals surface area contributed by atoms with Crippen molar-refractivity contribution in [1.29, 1.82) is 0 Å². The number of carboxylic acid groups (broad SMARTS) is 2. The lowest BCUT2D eigenvalue weighted by atomic mass is 9.85. The van der Waals surface area contributed by atoms with Crippen LogP contribution in [0.1, 0.15) is 32.2 Å². The fraction of sp³-hybridized carbons (Fsp3) is 0.346. The molecule has 1 fully saturated rings. The van der Waals surface area contributed by atoms with Gasteiger partial charge in [0.1, 0.15) is 0 Å². The van der Waals surface area contributed by atoms with E-state index in [0.717, 1.165) is 43.2 Å². The summed E-state index contributed by atoms with van der Waals surface area (Å²) in [6.45, 7) is 5.26. The smallest absolute Gasteiger partial charge is 0.475 e. The Kier molecular flexibility index (Phi) is 9.81. The molecule has 5 rings (SSSR count). The van der Waals surface area contributed by atoms with Crippen LogP contribution in [-0.2, 0) is 21.5 Å². The minimum absolute atomic E-state index is 0.0826. The van der Waals surface area contributed by atoms with Crippen LogP contribution in [-0.4, -0.2) is 74.9 Å². The standard InChI is InChI=1S/C22H22N4OS.2C2HF3O2/c1-16-6-7-19(28-16)21(27)25-11-8-22(14-25)15-26(13-17-4-2-9-23-12-17)18-5-3-10-24-20(18)22;2*3-2(4,5)1(6)7/h2-7,9-10,12H,8,11,13-15H2,1H3;2*(H,6,7). The Morgan fingerprint density at radius 1 is 0.952 bits per heavy atom. The van der Waals surface area contributed by atoms with Gasteiger partial charge in [-0.05, 0) is 49.2 Å². The molecule has 3 aromatic rings. The first-order valence-electron chi connectivity index (χ1n) is 12.1. The van der Waals surface area contributed by atoms with E-state index in [1.165, 1.54) is 16.1 Å². The first kappa shape index (κ1) is 32.3. The molecule has 2 N–H and O–H groups in total. The van der Waals surface area contributed by atoms with Gasteiger partial charge < -0.3 is 20.0 Å². The van der Waals surface area contributed by atoms with E-state index in [1.54, 1.807) is 17.5 Å². The van der Waals surface area contributed by atoms with Crippen molar-refractivity contribution in [3.63, 3.8) is 0 Å². The van der Waals surface area contributed by atoms with Crippen molar-refractivity contribution >= 4 is 34.9 Å². The largest absolute Gasteiger partial charge is 0.490 e. The van der Waals surface area contributed by atoms with Crippen molar-refractivity contribution in [2.45, 2.75) is 37.7 Å². The van der Waals surface area contributed by atoms with Crippen molar-refractivity contribution < 1.29 is 50.9 Å². The molecule has 0 radical (unpaired) electrons. The highest BCUT2D eigenvalue weighted by molar-refractivity contribution is 7.13. The first-order chi connectivity index (χ1) is 19.5. The summed E-state index contributed by atoms with van der Waals surface area (Å²) in [6, 6.07) is 12.2. The fourth-order valence-electron chi connectivity index (χ4n) is 4.51. The monoisotopic (exact) mass is 618 g/mol. The van der Waals surface area contributed by atoms with Crippen LogP contribution in [0.15, 0.2) is 55.0 Å². The molecule has 16 heteroatoms. The van der Waals surface area contributed by atoms with Crippen LogP contribution in [0.3, 0.4) is 0 Å². The Hall–Kier alpha value is -4.21. The van der Waals surface area contributed by atoms with Crippen LogP contribution in [0.2, 0.25) is 0 Å². The third kappa shape index (κ3) is 7.96. The average Bonchev–Trinajstić information content (AvgIpc) is 3.62. The molecule has 0 bridgehead atoms. The number of aliphatic carboxylic acids is 2. The number of hydrogen-bond donors (Lipinski definition) is 2. The van der Waals surface area contributed by atoms with E-state index in [1.807, 2.05) is 48.5 Å². The van der Waals surface area contributed by atoms with Crippen molar-refractivity contribution in [3.05, 3.63) is 76.0 Å². The van der Waals surface area contributed by atoms with Gasteiger partial charge in [-0.15, -0.1) is 11.3 Å². The fourth-order valence-corrected chi connectivity index (χ4v) is 5.35. The van der Waals surface area contributed by atoms with E-state index in [9.17, 15) is 31.1 Å². The summed E-state index contributed by atoms with van der Waals surface area (Å²) in [6.07, 6.45) is -3.61. The van der Waals surface area contributed by atoms with Crippen LogP contribution >= 0.6 is 11.3 Å². The van der Waals surface area contributed by atoms with Gasteiger partial charge in [0, 0.05) is 49.6 Å². The van der Waals surface area contributed by atoms with Crippen molar-refractivity contribution in [1.82, 2.24) is 14.9 Å². The van der Waals surface area contributed by atoms with Gasteiger partial charge in [-0.3, -0.25) is 14.8 Å². The molecular weight excluding hydrogens is 594 g/mol. The molecule has 0 aliphatic carbocycles. The minimum atomic E-state index is -5.08. The zero-order valence-electron chi connectivity index (χ0n) is 21.8. The molecule has 1 saturated heterocycles. The van der Waals surface area contributed by atoms with Crippen LogP contribution in [0.25, 0.3) is 0 Å². The summed E-state index contributed by atoms with van der Waals surface area (Å²) < 4.78 is 63.5. The Balaban J connectivity index is 0.000000289. The normalized spacial score (nSPS) is 17.6. The molecule has 0 saturated carbocycles. The highest BCUT2D eigenvalue weighted by atomic mass is 32.1.